The standard InChI is InChI=1S/C20H19Br2NO5S/c1-3-4-11-20(28-13(2)24)17-12-15(22)7-10-18(17)23(19(20)25)29(26,27)16-8-5-14(21)6-9-16/h5-10,12H,3-4,11H2,1-2H3. The van der Waals surface area contributed by atoms with Gasteiger partial charge in [0.2, 0.25) is 5.60 Å². The summed E-state index contributed by atoms with van der Waals surface area (Å²) in [5.41, 5.74) is -1.12. The Balaban J connectivity index is 2.24. The van der Waals surface area contributed by atoms with Crippen molar-refractivity contribution in [3.8, 4) is 0 Å². The number of rotatable bonds is 6. The topological polar surface area (TPSA) is 80.8 Å². The summed E-state index contributed by atoms with van der Waals surface area (Å²) in [5, 5.41) is 0. The van der Waals surface area contributed by atoms with E-state index >= 15 is 0 Å². The zero-order valence-corrected chi connectivity index (χ0v) is 19.8. The quantitative estimate of drug-likeness (QED) is 0.483. The summed E-state index contributed by atoms with van der Waals surface area (Å²) >= 11 is 6.65. The zero-order valence-electron chi connectivity index (χ0n) is 15.8. The highest BCUT2D eigenvalue weighted by atomic mass is 79.9. The molecule has 2 aromatic carbocycles. The van der Waals surface area contributed by atoms with Crippen molar-refractivity contribution in [2.75, 3.05) is 4.31 Å². The highest BCUT2D eigenvalue weighted by Crippen LogP contribution is 2.49. The average Bonchev–Trinajstić information content (AvgIpc) is 2.88. The summed E-state index contributed by atoms with van der Waals surface area (Å²) in [6.07, 6.45) is 1.52. The molecule has 1 aliphatic heterocycles. The molecule has 0 bridgehead atoms. The zero-order chi connectivity index (χ0) is 21.4. The Morgan fingerprint density at radius 2 is 1.72 bits per heavy atom. The van der Waals surface area contributed by atoms with Crippen molar-refractivity contribution in [2.24, 2.45) is 0 Å². The second-order valence-corrected chi connectivity index (χ2v) is 10.3. The number of hydrogen-bond acceptors (Lipinski definition) is 5. The van der Waals surface area contributed by atoms with E-state index in [1.807, 2.05) is 6.92 Å². The van der Waals surface area contributed by atoms with Gasteiger partial charge < -0.3 is 4.74 Å². The molecule has 29 heavy (non-hydrogen) atoms. The molecular formula is C20H19Br2NO5S. The van der Waals surface area contributed by atoms with Crippen molar-refractivity contribution in [3.63, 3.8) is 0 Å². The van der Waals surface area contributed by atoms with Gasteiger partial charge in [-0.2, -0.15) is 4.31 Å². The summed E-state index contributed by atoms with van der Waals surface area (Å²) in [6, 6.07) is 10.9. The van der Waals surface area contributed by atoms with E-state index in [1.165, 1.54) is 19.1 Å². The van der Waals surface area contributed by atoms with Gasteiger partial charge in [-0.15, -0.1) is 0 Å². The van der Waals surface area contributed by atoms with E-state index in [9.17, 15) is 18.0 Å². The van der Waals surface area contributed by atoms with Crippen LogP contribution in [-0.4, -0.2) is 20.3 Å². The first kappa shape index (κ1) is 22.0. The molecule has 6 nitrogen and oxygen atoms in total. The minimum atomic E-state index is -4.21. The number of carbonyl (C=O) groups excluding carboxylic acids is 2. The van der Waals surface area contributed by atoms with Gasteiger partial charge in [-0.1, -0.05) is 45.2 Å². The molecule has 3 rings (SSSR count). The van der Waals surface area contributed by atoms with Gasteiger partial charge in [-0.25, -0.2) is 8.42 Å². The third-order valence-electron chi connectivity index (χ3n) is 4.69. The molecule has 0 spiro atoms. The number of sulfonamides is 1. The number of benzene rings is 2. The Hall–Kier alpha value is -1.71. The largest absolute Gasteiger partial charge is 0.444 e. The number of halogens is 2. The summed E-state index contributed by atoms with van der Waals surface area (Å²) in [7, 11) is -4.21. The third kappa shape index (κ3) is 3.87. The van der Waals surface area contributed by atoms with Crippen LogP contribution >= 0.6 is 31.9 Å². The Morgan fingerprint density at radius 3 is 2.31 bits per heavy atom. The summed E-state index contributed by atoms with van der Waals surface area (Å²) in [6.45, 7) is 3.16. The Labute approximate surface area is 186 Å². The maximum absolute atomic E-state index is 13.6. The first-order valence-electron chi connectivity index (χ1n) is 8.98. The summed E-state index contributed by atoms with van der Waals surface area (Å²) < 4.78 is 34.5. The molecule has 9 heteroatoms. The van der Waals surface area contributed by atoms with Crippen LogP contribution in [0.1, 0.15) is 38.7 Å². The average molecular weight is 545 g/mol. The lowest BCUT2D eigenvalue weighted by Gasteiger charge is -2.28. The molecule has 1 amide bonds. The fourth-order valence-corrected chi connectivity index (χ4v) is 5.51. The Kier molecular flexibility index (Phi) is 6.21. The van der Waals surface area contributed by atoms with Gasteiger partial charge in [0.1, 0.15) is 0 Å². The molecule has 1 heterocycles. The van der Waals surface area contributed by atoms with E-state index in [2.05, 4.69) is 31.9 Å². The van der Waals surface area contributed by atoms with Gasteiger partial charge in [0.25, 0.3) is 15.9 Å². The summed E-state index contributed by atoms with van der Waals surface area (Å²) in [5.74, 6) is -1.43. The highest BCUT2D eigenvalue weighted by Gasteiger charge is 2.57. The predicted molar refractivity (Wildman–Crippen MR) is 116 cm³/mol. The Morgan fingerprint density at radius 1 is 1.10 bits per heavy atom. The van der Waals surface area contributed by atoms with E-state index in [0.29, 0.717) is 20.9 Å². The van der Waals surface area contributed by atoms with Crippen LogP contribution in [0.4, 0.5) is 5.69 Å². The van der Waals surface area contributed by atoms with Crippen molar-refractivity contribution in [1.82, 2.24) is 0 Å². The van der Waals surface area contributed by atoms with E-state index in [-0.39, 0.29) is 17.0 Å². The Bertz CT molecular complexity index is 1070. The van der Waals surface area contributed by atoms with Gasteiger partial charge in [0, 0.05) is 27.9 Å². The molecule has 0 aromatic heterocycles. The van der Waals surface area contributed by atoms with E-state index in [1.54, 1.807) is 30.3 Å². The molecule has 0 fully saturated rings. The molecule has 1 aliphatic rings. The second-order valence-electron chi connectivity index (χ2n) is 6.71. The number of anilines is 1. The second kappa shape index (κ2) is 8.20. The molecular weight excluding hydrogens is 526 g/mol. The molecule has 1 atom stereocenters. The van der Waals surface area contributed by atoms with Crippen LogP contribution in [0, 0.1) is 0 Å². The molecule has 0 N–H and O–H groups in total. The fraction of sp³-hybridized carbons (Fsp3) is 0.300. The van der Waals surface area contributed by atoms with Gasteiger partial charge in [0.15, 0.2) is 0 Å². The number of ether oxygens (including phenoxy) is 1. The molecule has 0 saturated carbocycles. The molecule has 0 aliphatic carbocycles. The molecule has 1 unspecified atom stereocenters. The number of nitrogens with zero attached hydrogens (tertiary/aromatic N) is 1. The number of amides is 1. The van der Waals surface area contributed by atoms with Crippen molar-refractivity contribution >= 4 is 59.4 Å². The SMILES string of the molecule is CCCCC1(OC(C)=O)C(=O)N(S(=O)(=O)c2ccc(Br)cc2)c2ccc(Br)cc21. The number of unbranched alkanes of at least 4 members (excludes halogenated alkanes) is 1. The minimum Gasteiger partial charge on any atom is -0.444 e. The van der Waals surface area contributed by atoms with Crippen LogP contribution in [-0.2, 0) is 30.0 Å². The van der Waals surface area contributed by atoms with Crippen LogP contribution in [0.3, 0.4) is 0 Å². The lowest BCUT2D eigenvalue weighted by Crippen LogP contribution is -2.45. The first-order chi connectivity index (χ1) is 13.6. The lowest BCUT2D eigenvalue weighted by atomic mass is 9.89. The number of carbonyl (C=O) groups is 2. The van der Waals surface area contributed by atoms with Crippen LogP contribution in [0.5, 0.6) is 0 Å². The van der Waals surface area contributed by atoms with E-state index < -0.39 is 27.5 Å². The number of fused-ring (bicyclic) bond motifs is 1. The van der Waals surface area contributed by atoms with Gasteiger partial charge >= 0.3 is 5.97 Å². The predicted octanol–water partition coefficient (Wildman–Crippen LogP) is 4.90. The molecule has 2 aromatic rings. The van der Waals surface area contributed by atoms with Crippen molar-refractivity contribution < 1.29 is 22.7 Å². The smallest absolute Gasteiger partial charge is 0.304 e. The van der Waals surface area contributed by atoms with Gasteiger partial charge in [0.05, 0.1) is 10.6 Å². The third-order valence-corrected chi connectivity index (χ3v) is 7.43. The maximum Gasteiger partial charge on any atom is 0.304 e. The van der Waals surface area contributed by atoms with Crippen molar-refractivity contribution in [1.29, 1.82) is 0 Å². The van der Waals surface area contributed by atoms with E-state index in [0.717, 1.165) is 10.7 Å². The van der Waals surface area contributed by atoms with Crippen LogP contribution in [0.2, 0.25) is 0 Å². The van der Waals surface area contributed by atoms with Crippen LogP contribution < -0.4 is 4.31 Å². The lowest BCUT2D eigenvalue weighted by molar-refractivity contribution is -0.166. The first-order valence-corrected chi connectivity index (χ1v) is 12.0. The molecule has 154 valence electrons. The molecule has 0 saturated heterocycles. The van der Waals surface area contributed by atoms with E-state index in [4.69, 9.17) is 4.74 Å². The maximum atomic E-state index is 13.6. The fourth-order valence-electron chi connectivity index (χ4n) is 3.41. The normalized spacial score (nSPS) is 18.6. The van der Waals surface area contributed by atoms with Crippen LogP contribution in [0.15, 0.2) is 56.3 Å². The number of esters is 1. The molecule has 0 radical (unpaired) electrons. The summed E-state index contributed by atoms with van der Waals surface area (Å²) in [4.78, 5) is 25.5. The highest BCUT2D eigenvalue weighted by molar-refractivity contribution is 9.10. The minimum absolute atomic E-state index is 0.0305. The van der Waals surface area contributed by atoms with Crippen molar-refractivity contribution in [3.05, 3.63) is 57.0 Å². The van der Waals surface area contributed by atoms with Crippen LogP contribution in [0.25, 0.3) is 0 Å². The monoisotopic (exact) mass is 543 g/mol. The van der Waals surface area contributed by atoms with Gasteiger partial charge in [-0.3, -0.25) is 9.59 Å². The van der Waals surface area contributed by atoms with Crippen molar-refractivity contribution in [2.45, 2.75) is 43.6 Å². The number of hydrogen-bond donors (Lipinski definition) is 0. The van der Waals surface area contributed by atoms with Gasteiger partial charge in [-0.05, 0) is 48.9 Å².